The molecule has 0 aromatic heterocycles. The summed E-state index contributed by atoms with van der Waals surface area (Å²) in [7, 11) is 2.07. The molecule has 1 atom stereocenters. The molecule has 1 N–H and O–H groups in total. The summed E-state index contributed by atoms with van der Waals surface area (Å²) >= 11 is 0. The summed E-state index contributed by atoms with van der Waals surface area (Å²) in [6.45, 7) is 6.57. The van der Waals surface area contributed by atoms with Crippen molar-refractivity contribution in [1.29, 1.82) is 0 Å². The molecule has 0 aliphatic rings. The van der Waals surface area contributed by atoms with Crippen molar-refractivity contribution in [2.45, 2.75) is 46.1 Å². The fraction of sp³-hybridized carbons (Fsp3) is 0.400. The number of hydrogen-bond donors (Lipinski definition) is 1. The van der Waals surface area contributed by atoms with Crippen LogP contribution in [0.5, 0.6) is 0 Å². The third kappa shape index (κ3) is 4.44. The van der Waals surface area contributed by atoms with Crippen LogP contribution in [0.3, 0.4) is 0 Å². The minimum atomic E-state index is 0.534. The number of benzene rings is 2. The molecule has 0 radical (unpaired) electrons. The average Bonchev–Trinajstić information content (AvgIpc) is 2.48. The highest BCUT2D eigenvalue weighted by Gasteiger charge is 2.09. The summed E-state index contributed by atoms with van der Waals surface area (Å²) in [6, 6.07) is 16.1. The van der Waals surface area contributed by atoms with Gasteiger partial charge in [-0.05, 0) is 74.9 Å². The Morgan fingerprint density at radius 2 is 1.67 bits per heavy atom. The molecule has 0 heterocycles. The summed E-state index contributed by atoms with van der Waals surface area (Å²) in [4.78, 5) is 0. The monoisotopic (exact) mass is 281 g/mol. The molecule has 1 nitrogen and oxygen atoms in total. The molecular weight excluding hydrogens is 254 g/mol. The lowest BCUT2D eigenvalue weighted by atomic mass is 9.96. The molecule has 1 unspecified atom stereocenters. The smallest absolute Gasteiger partial charge is 0.0108 e. The van der Waals surface area contributed by atoms with E-state index < -0.39 is 0 Å². The van der Waals surface area contributed by atoms with Crippen molar-refractivity contribution >= 4 is 0 Å². The largest absolute Gasteiger partial charge is 0.317 e. The molecule has 21 heavy (non-hydrogen) atoms. The quantitative estimate of drug-likeness (QED) is 0.829. The fourth-order valence-electron chi connectivity index (χ4n) is 2.78. The second kappa shape index (κ2) is 7.42. The van der Waals surface area contributed by atoms with Crippen molar-refractivity contribution in [2.75, 3.05) is 7.05 Å². The predicted octanol–water partition coefficient (Wildman–Crippen LogP) is 4.38. The van der Waals surface area contributed by atoms with Gasteiger partial charge in [0.15, 0.2) is 0 Å². The highest BCUT2D eigenvalue weighted by Crippen LogP contribution is 2.15. The molecule has 2 aromatic rings. The Bertz CT molecular complexity index is 586. The van der Waals surface area contributed by atoms with Crippen LogP contribution in [0.4, 0.5) is 0 Å². The number of aryl methyl sites for hydroxylation is 4. The van der Waals surface area contributed by atoms with Crippen molar-refractivity contribution in [3.63, 3.8) is 0 Å². The molecule has 1 heteroatoms. The van der Waals surface area contributed by atoms with Crippen LogP contribution < -0.4 is 5.32 Å². The standard InChI is InChI=1S/C20H27N/c1-15-9-10-18(13-17(15)3)14-20(21-4)12-11-19-8-6-5-7-16(19)2/h5-10,13,20-21H,11-12,14H2,1-4H3. The minimum Gasteiger partial charge on any atom is -0.317 e. The van der Waals surface area contributed by atoms with Gasteiger partial charge in [0.1, 0.15) is 0 Å². The molecule has 0 bridgehead atoms. The van der Waals surface area contributed by atoms with Crippen LogP contribution in [0, 0.1) is 20.8 Å². The molecule has 0 amide bonds. The van der Waals surface area contributed by atoms with Gasteiger partial charge in [-0.25, -0.2) is 0 Å². The van der Waals surface area contributed by atoms with Gasteiger partial charge in [-0.2, -0.15) is 0 Å². The molecule has 0 saturated carbocycles. The summed E-state index contributed by atoms with van der Waals surface area (Å²) < 4.78 is 0. The summed E-state index contributed by atoms with van der Waals surface area (Å²) in [5.41, 5.74) is 7.07. The topological polar surface area (TPSA) is 12.0 Å². The van der Waals surface area contributed by atoms with Crippen molar-refractivity contribution in [1.82, 2.24) is 5.32 Å². The lowest BCUT2D eigenvalue weighted by molar-refractivity contribution is 0.519. The first-order chi connectivity index (χ1) is 10.1. The van der Waals surface area contributed by atoms with Gasteiger partial charge < -0.3 is 5.32 Å². The summed E-state index contributed by atoms with van der Waals surface area (Å²) in [6.07, 6.45) is 3.42. The van der Waals surface area contributed by atoms with Gasteiger partial charge >= 0.3 is 0 Å². The van der Waals surface area contributed by atoms with Gasteiger partial charge in [-0.3, -0.25) is 0 Å². The molecular formula is C20H27N. The first kappa shape index (κ1) is 15.8. The van der Waals surface area contributed by atoms with E-state index in [1.54, 1.807) is 0 Å². The number of hydrogen-bond acceptors (Lipinski definition) is 1. The Labute approximate surface area is 129 Å². The van der Waals surface area contributed by atoms with Crippen LogP contribution in [0.2, 0.25) is 0 Å². The lowest BCUT2D eigenvalue weighted by Crippen LogP contribution is -2.28. The van der Waals surface area contributed by atoms with Crippen molar-refractivity contribution in [3.8, 4) is 0 Å². The Hall–Kier alpha value is -1.60. The Balaban J connectivity index is 1.97. The molecule has 112 valence electrons. The first-order valence-corrected chi connectivity index (χ1v) is 7.88. The van der Waals surface area contributed by atoms with E-state index in [4.69, 9.17) is 0 Å². The molecule has 2 aromatic carbocycles. The van der Waals surface area contributed by atoms with Crippen LogP contribution in [-0.2, 0) is 12.8 Å². The van der Waals surface area contributed by atoms with E-state index in [9.17, 15) is 0 Å². The molecule has 0 saturated heterocycles. The average molecular weight is 281 g/mol. The van der Waals surface area contributed by atoms with Gasteiger partial charge in [-0.1, -0.05) is 42.5 Å². The van der Waals surface area contributed by atoms with Gasteiger partial charge in [0.05, 0.1) is 0 Å². The number of nitrogens with one attached hydrogen (secondary N) is 1. The summed E-state index contributed by atoms with van der Waals surface area (Å²) in [5.74, 6) is 0. The van der Waals surface area contributed by atoms with E-state index in [1.165, 1.54) is 34.2 Å². The number of likely N-dealkylation sites (N-methyl/N-ethyl adjacent to an activating group) is 1. The maximum atomic E-state index is 3.47. The molecule has 2 rings (SSSR count). The van der Waals surface area contributed by atoms with E-state index in [-0.39, 0.29) is 0 Å². The minimum absolute atomic E-state index is 0.534. The van der Waals surface area contributed by atoms with E-state index in [1.807, 2.05) is 0 Å². The zero-order chi connectivity index (χ0) is 15.2. The van der Waals surface area contributed by atoms with Gasteiger partial charge in [0.25, 0.3) is 0 Å². The van der Waals surface area contributed by atoms with Gasteiger partial charge in [0.2, 0.25) is 0 Å². The first-order valence-electron chi connectivity index (χ1n) is 7.88. The number of rotatable bonds is 6. The maximum absolute atomic E-state index is 3.47. The van der Waals surface area contributed by atoms with Gasteiger partial charge in [0, 0.05) is 6.04 Å². The Kier molecular flexibility index (Phi) is 5.58. The molecule has 0 aliphatic carbocycles. The van der Waals surface area contributed by atoms with Crippen LogP contribution in [0.25, 0.3) is 0 Å². The third-order valence-corrected chi connectivity index (χ3v) is 4.49. The molecule has 0 spiro atoms. The highest BCUT2D eigenvalue weighted by atomic mass is 14.9. The van der Waals surface area contributed by atoms with Crippen LogP contribution in [0.1, 0.15) is 34.2 Å². The normalized spacial score (nSPS) is 12.4. The molecule has 0 fully saturated rings. The van der Waals surface area contributed by atoms with Crippen molar-refractivity contribution in [3.05, 3.63) is 70.3 Å². The van der Waals surface area contributed by atoms with Crippen molar-refractivity contribution < 1.29 is 0 Å². The Morgan fingerprint density at radius 3 is 2.33 bits per heavy atom. The third-order valence-electron chi connectivity index (χ3n) is 4.49. The van der Waals surface area contributed by atoms with Gasteiger partial charge in [-0.15, -0.1) is 0 Å². The van der Waals surface area contributed by atoms with E-state index >= 15 is 0 Å². The second-order valence-corrected chi connectivity index (χ2v) is 6.07. The molecule has 0 aliphatic heterocycles. The van der Waals surface area contributed by atoms with Crippen molar-refractivity contribution in [2.24, 2.45) is 0 Å². The zero-order valence-corrected chi connectivity index (χ0v) is 13.7. The van der Waals surface area contributed by atoms with E-state index in [2.05, 4.69) is 75.6 Å². The summed E-state index contributed by atoms with van der Waals surface area (Å²) in [5, 5.41) is 3.47. The van der Waals surface area contributed by atoms with Crippen LogP contribution in [-0.4, -0.2) is 13.1 Å². The zero-order valence-electron chi connectivity index (χ0n) is 13.7. The maximum Gasteiger partial charge on any atom is 0.0108 e. The van der Waals surface area contributed by atoms with Crippen LogP contribution >= 0.6 is 0 Å². The SMILES string of the molecule is CNC(CCc1ccccc1C)Cc1ccc(C)c(C)c1. The van der Waals surface area contributed by atoms with Crippen LogP contribution in [0.15, 0.2) is 42.5 Å². The predicted molar refractivity (Wildman–Crippen MR) is 92.0 cm³/mol. The second-order valence-electron chi connectivity index (χ2n) is 6.07. The fourth-order valence-corrected chi connectivity index (χ4v) is 2.78. The van der Waals surface area contributed by atoms with E-state index in [0.717, 1.165) is 12.8 Å². The Morgan fingerprint density at radius 1 is 0.905 bits per heavy atom. The van der Waals surface area contributed by atoms with E-state index in [0.29, 0.717) is 6.04 Å². The highest BCUT2D eigenvalue weighted by molar-refractivity contribution is 5.30. The lowest BCUT2D eigenvalue weighted by Gasteiger charge is -2.17.